The van der Waals surface area contributed by atoms with E-state index in [0.717, 1.165) is 0 Å². The van der Waals surface area contributed by atoms with Crippen LogP contribution >= 0.6 is 0 Å². The molecule has 2 rings (SSSR count). The van der Waals surface area contributed by atoms with E-state index in [1.165, 1.54) is 30.7 Å². The summed E-state index contributed by atoms with van der Waals surface area (Å²) in [4.78, 5) is 11.9. The Hall–Kier alpha value is -2.65. The van der Waals surface area contributed by atoms with Gasteiger partial charge in [0.05, 0.1) is 18.4 Å². The molecule has 0 fully saturated rings. The third kappa shape index (κ3) is 3.43. The number of aromatic nitrogens is 1. The van der Waals surface area contributed by atoms with Crippen LogP contribution in [-0.4, -0.2) is 22.8 Å². The first-order valence-electron chi connectivity index (χ1n) is 5.80. The van der Waals surface area contributed by atoms with Gasteiger partial charge in [0.1, 0.15) is 17.8 Å². The molecule has 5 nitrogen and oxygen atoms in total. The highest BCUT2D eigenvalue weighted by Crippen LogP contribution is 2.13. The number of hydrogen-bond acceptors (Lipinski definition) is 4. The Morgan fingerprint density at radius 1 is 1.50 bits per heavy atom. The lowest BCUT2D eigenvalue weighted by atomic mass is 10.1. The van der Waals surface area contributed by atoms with E-state index in [-0.39, 0.29) is 12.2 Å². The van der Waals surface area contributed by atoms with Crippen LogP contribution in [0, 0.1) is 17.7 Å². The topological polar surface area (TPSA) is 75.4 Å². The second kappa shape index (κ2) is 6.50. The number of carbonyl (C=O) groups is 1. The number of aliphatic hydroxyl groups excluding tert-OH is 1. The maximum Gasteiger partial charge on any atom is 0.258 e. The van der Waals surface area contributed by atoms with Crippen molar-refractivity contribution in [3.05, 3.63) is 47.6 Å². The van der Waals surface area contributed by atoms with Crippen LogP contribution in [0.1, 0.15) is 22.3 Å². The summed E-state index contributed by atoms with van der Waals surface area (Å²) in [7, 11) is 0. The molecular weight excluding hydrogens is 263 g/mol. The zero-order valence-electron chi connectivity index (χ0n) is 10.4. The Labute approximate surface area is 114 Å². The van der Waals surface area contributed by atoms with Gasteiger partial charge in [0.25, 0.3) is 5.91 Å². The van der Waals surface area contributed by atoms with Crippen LogP contribution in [0.15, 0.2) is 35.2 Å². The molecule has 1 heterocycles. The second-order valence-electron chi connectivity index (χ2n) is 3.84. The molecule has 1 amide bonds. The van der Waals surface area contributed by atoms with E-state index in [1.807, 2.05) is 0 Å². The van der Waals surface area contributed by atoms with Crippen LogP contribution in [0.5, 0.6) is 0 Å². The van der Waals surface area contributed by atoms with E-state index in [2.05, 4.69) is 26.8 Å². The maximum absolute atomic E-state index is 13.6. The minimum Gasteiger partial charge on any atom is -0.395 e. The molecule has 2 N–H and O–H groups in total. The van der Waals surface area contributed by atoms with Gasteiger partial charge in [-0.3, -0.25) is 4.79 Å². The monoisotopic (exact) mass is 274 g/mol. The van der Waals surface area contributed by atoms with Crippen LogP contribution in [-0.2, 0) is 0 Å². The zero-order chi connectivity index (χ0) is 14.4. The molecule has 0 atom stereocenters. The lowest BCUT2D eigenvalue weighted by Gasteiger charge is -2.04. The van der Waals surface area contributed by atoms with Crippen LogP contribution in [0.25, 0.3) is 0 Å². The Morgan fingerprint density at radius 2 is 2.35 bits per heavy atom. The Morgan fingerprint density at radius 3 is 3.05 bits per heavy atom. The predicted molar refractivity (Wildman–Crippen MR) is 69.4 cm³/mol. The molecule has 0 aliphatic rings. The average molecular weight is 274 g/mol. The largest absolute Gasteiger partial charge is 0.395 e. The van der Waals surface area contributed by atoms with Gasteiger partial charge in [0.2, 0.25) is 0 Å². The molecule has 2 aromatic rings. The highest BCUT2D eigenvalue weighted by Gasteiger charge is 2.13. The number of aliphatic hydroxyl groups is 1. The maximum atomic E-state index is 13.6. The van der Waals surface area contributed by atoms with Gasteiger partial charge < -0.3 is 14.9 Å². The fourth-order valence-electron chi connectivity index (χ4n) is 1.46. The lowest BCUT2D eigenvalue weighted by Crippen LogP contribution is -2.13. The number of benzene rings is 1. The molecule has 1 aromatic carbocycles. The molecule has 0 saturated heterocycles. The van der Waals surface area contributed by atoms with Crippen molar-refractivity contribution >= 4 is 11.6 Å². The summed E-state index contributed by atoms with van der Waals surface area (Å²) in [6.07, 6.45) is 2.86. The summed E-state index contributed by atoms with van der Waals surface area (Å²) in [5, 5.41) is 14.5. The number of nitrogens with zero attached hydrogens (tertiary/aromatic N) is 1. The first kappa shape index (κ1) is 13.8. The molecule has 0 aliphatic carbocycles. The minimum atomic E-state index is -0.647. The van der Waals surface area contributed by atoms with Gasteiger partial charge in [-0.2, -0.15) is 0 Å². The van der Waals surface area contributed by atoms with Crippen LogP contribution in [0.4, 0.5) is 10.1 Å². The van der Waals surface area contributed by atoms with E-state index in [4.69, 9.17) is 5.11 Å². The van der Waals surface area contributed by atoms with Crippen LogP contribution in [0.3, 0.4) is 0 Å². The van der Waals surface area contributed by atoms with Crippen molar-refractivity contribution in [2.75, 3.05) is 11.9 Å². The molecule has 0 spiro atoms. The molecule has 0 saturated carbocycles. The van der Waals surface area contributed by atoms with Gasteiger partial charge in [-0.25, -0.2) is 4.39 Å². The van der Waals surface area contributed by atoms with Crippen molar-refractivity contribution in [3.63, 3.8) is 0 Å². The number of anilines is 1. The number of carbonyl (C=O) groups excluding carboxylic acids is 1. The summed E-state index contributed by atoms with van der Waals surface area (Å²) in [6.45, 7) is -0.0466. The first-order chi connectivity index (χ1) is 9.70. The average Bonchev–Trinajstić information content (AvgIpc) is 2.93. The first-order valence-corrected chi connectivity index (χ1v) is 5.80. The molecule has 0 unspecified atom stereocenters. The Bertz CT molecular complexity index is 657. The van der Waals surface area contributed by atoms with E-state index in [0.29, 0.717) is 17.7 Å². The van der Waals surface area contributed by atoms with Crippen molar-refractivity contribution in [3.8, 4) is 11.8 Å². The van der Waals surface area contributed by atoms with E-state index in [1.54, 1.807) is 0 Å². The minimum absolute atomic E-state index is 0.0466. The molecule has 102 valence electrons. The van der Waals surface area contributed by atoms with E-state index < -0.39 is 11.7 Å². The SMILES string of the molecule is O=C(Nc1cnoc1)c1cc(C#CCCO)ccc1F. The van der Waals surface area contributed by atoms with E-state index >= 15 is 0 Å². The molecule has 20 heavy (non-hydrogen) atoms. The third-order valence-corrected chi connectivity index (χ3v) is 2.37. The van der Waals surface area contributed by atoms with Gasteiger partial charge >= 0.3 is 0 Å². The van der Waals surface area contributed by atoms with Crippen molar-refractivity contribution < 1.29 is 18.8 Å². The smallest absolute Gasteiger partial charge is 0.258 e. The second-order valence-corrected chi connectivity index (χ2v) is 3.84. The molecule has 0 radical (unpaired) electrons. The fraction of sp³-hybridized carbons (Fsp3) is 0.143. The van der Waals surface area contributed by atoms with Gasteiger partial charge in [0, 0.05) is 12.0 Å². The number of amides is 1. The van der Waals surface area contributed by atoms with Gasteiger partial charge in [-0.15, -0.1) is 0 Å². The quantitative estimate of drug-likeness (QED) is 0.837. The summed E-state index contributed by atoms with van der Waals surface area (Å²) in [6, 6.07) is 3.99. The fourth-order valence-corrected chi connectivity index (χ4v) is 1.46. The van der Waals surface area contributed by atoms with Gasteiger partial charge in [-0.1, -0.05) is 17.0 Å². The van der Waals surface area contributed by atoms with Crippen molar-refractivity contribution in [1.29, 1.82) is 0 Å². The summed E-state index contributed by atoms with van der Waals surface area (Å²) in [5.74, 6) is 4.18. The number of rotatable bonds is 3. The summed E-state index contributed by atoms with van der Waals surface area (Å²) < 4.78 is 18.2. The summed E-state index contributed by atoms with van der Waals surface area (Å²) in [5.41, 5.74) is 0.712. The molecule has 0 bridgehead atoms. The summed E-state index contributed by atoms with van der Waals surface area (Å²) >= 11 is 0. The van der Waals surface area contributed by atoms with Crippen LogP contribution in [0.2, 0.25) is 0 Å². The normalized spacial score (nSPS) is 9.70. The van der Waals surface area contributed by atoms with Crippen molar-refractivity contribution in [2.24, 2.45) is 0 Å². The van der Waals surface area contributed by atoms with Crippen molar-refractivity contribution in [1.82, 2.24) is 5.16 Å². The highest BCUT2D eigenvalue weighted by molar-refractivity contribution is 6.04. The molecular formula is C14H11FN2O3. The van der Waals surface area contributed by atoms with Gasteiger partial charge in [-0.05, 0) is 18.2 Å². The predicted octanol–water partition coefficient (Wildman–Crippen LogP) is 1.80. The number of hydrogen-bond donors (Lipinski definition) is 2. The highest BCUT2D eigenvalue weighted by atomic mass is 19.1. The van der Waals surface area contributed by atoms with Gasteiger partial charge in [0.15, 0.2) is 0 Å². The Kier molecular flexibility index (Phi) is 4.47. The molecule has 0 aliphatic heterocycles. The van der Waals surface area contributed by atoms with Crippen molar-refractivity contribution in [2.45, 2.75) is 6.42 Å². The zero-order valence-corrected chi connectivity index (χ0v) is 10.4. The number of nitrogens with one attached hydrogen (secondary N) is 1. The molecule has 1 aromatic heterocycles. The van der Waals surface area contributed by atoms with E-state index in [9.17, 15) is 9.18 Å². The lowest BCUT2D eigenvalue weighted by molar-refractivity contribution is 0.102. The number of halogens is 1. The standard InChI is InChI=1S/C14H11FN2O3/c15-13-5-4-10(3-1-2-6-18)7-12(13)14(19)17-11-8-16-20-9-11/h4-5,7-9,18H,2,6H2,(H,17,19). The molecule has 6 heteroatoms. The Balaban J connectivity index is 2.20. The third-order valence-electron chi connectivity index (χ3n) is 2.37. The van der Waals surface area contributed by atoms with Crippen LogP contribution < -0.4 is 5.32 Å².